The Hall–Kier alpha value is -0.290. The first-order chi connectivity index (χ1) is 8.03. The molecule has 0 aromatic heterocycles. The van der Waals surface area contributed by atoms with Crippen molar-refractivity contribution in [2.75, 3.05) is 19.8 Å². The van der Waals surface area contributed by atoms with E-state index in [9.17, 15) is 13.2 Å². The highest BCUT2D eigenvalue weighted by atomic mass is 19.4. The number of nitrogens with one attached hydrogen (secondary N) is 1. The lowest BCUT2D eigenvalue weighted by atomic mass is 10.1. The number of halogens is 3. The fraction of sp³-hybridized carbons (Fsp3) is 1.00. The fourth-order valence-corrected chi connectivity index (χ4v) is 2.02. The number of unbranched alkanes of at least 4 members (excludes halogenated alkanes) is 1. The van der Waals surface area contributed by atoms with Crippen molar-refractivity contribution in [3.63, 3.8) is 0 Å². The molecule has 0 aromatic rings. The van der Waals surface area contributed by atoms with Gasteiger partial charge in [-0.05, 0) is 44.6 Å². The number of rotatable bonds is 9. The molecule has 1 fully saturated rings. The first-order valence-corrected chi connectivity index (χ1v) is 6.41. The van der Waals surface area contributed by atoms with E-state index < -0.39 is 12.8 Å². The van der Waals surface area contributed by atoms with E-state index >= 15 is 0 Å². The molecule has 17 heavy (non-hydrogen) atoms. The van der Waals surface area contributed by atoms with E-state index in [4.69, 9.17) is 0 Å². The maximum Gasteiger partial charge on any atom is 0.411 e. The molecule has 1 rings (SSSR count). The summed E-state index contributed by atoms with van der Waals surface area (Å²) in [6.07, 6.45) is 1.09. The van der Waals surface area contributed by atoms with E-state index in [1.54, 1.807) is 0 Å². The van der Waals surface area contributed by atoms with Crippen LogP contribution in [0.2, 0.25) is 0 Å². The molecule has 0 amide bonds. The SMILES string of the molecule is CCNC(CCCCOCC(F)(F)F)C1CC1. The van der Waals surface area contributed by atoms with E-state index in [1.807, 2.05) is 0 Å². The summed E-state index contributed by atoms with van der Waals surface area (Å²) in [5, 5.41) is 3.44. The zero-order valence-corrected chi connectivity index (χ0v) is 10.4. The molecule has 1 aliphatic rings. The maximum atomic E-state index is 11.8. The summed E-state index contributed by atoms with van der Waals surface area (Å²) in [5.74, 6) is 0.797. The van der Waals surface area contributed by atoms with Crippen molar-refractivity contribution in [1.82, 2.24) is 5.32 Å². The largest absolute Gasteiger partial charge is 0.411 e. The molecule has 0 aromatic carbocycles. The van der Waals surface area contributed by atoms with Crippen LogP contribution in [0.3, 0.4) is 0 Å². The molecule has 102 valence electrons. The Bertz CT molecular complexity index is 204. The van der Waals surface area contributed by atoms with Crippen LogP contribution in [0.5, 0.6) is 0 Å². The van der Waals surface area contributed by atoms with Crippen molar-refractivity contribution in [1.29, 1.82) is 0 Å². The Morgan fingerprint density at radius 3 is 2.53 bits per heavy atom. The smallest absolute Gasteiger partial charge is 0.372 e. The Morgan fingerprint density at radius 1 is 1.29 bits per heavy atom. The summed E-state index contributed by atoms with van der Waals surface area (Å²) < 4.78 is 39.9. The normalized spacial score (nSPS) is 18.4. The molecule has 0 saturated heterocycles. The van der Waals surface area contributed by atoms with Gasteiger partial charge in [-0.25, -0.2) is 0 Å². The van der Waals surface area contributed by atoms with Gasteiger partial charge in [-0.1, -0.05) is 6.92 Å². The summed E-state index contributed by atoms with van der Waals surface area (Å²) in [7, 11) is 0. The molecule has 2 nitrogen and oxygen atoms in total. The minimum atomic E-state index is -4.19. The third-order valence-electron chi connectivity index (χ3n) is 2.98. The van der Waals surface area contributed by atoms with Gasteiger partial charge in [0.15, 0.2) is 0 Å². The molecule has 0 aliphatic heterocycles. The lowest BCUT2D eigenvalue weighted by Crippen LogP contribution is -2.30. The standard InChI is InChI=1S/C12H22F3NO/c1-2-16-11(10-6-7-10)5-3-4-8-17-9-12(13,14)15/h10-11,16H,2-9H2,1H3. The average molecular weight is 253 g/mol. The second-order valence-corrected chi connectivity index (χ2v) is 4.67. The van der Waals surface area contributed by atoms with Crippen LogP contribution in [0.4, 0.5) is 13.2 Å². The number of ether oxygens (including phenoxy) is 1. The van der Waals surface area contributed by atoms with Gasteiger partial charge in [0, 0.05) is 12.6 Å². The zero-order chi connectivity index (χ0) is 12.7. The van der Waals surface area contributed by atoms with Crippen LogP contribution in [-0.4, -0.2) is 32.0 Å². The van der Waals surface area contributed by atoms with E-state index in [1.165, 1.54) is 12.8 Å². The molecule has 0 heterocycles. The molecule has 1 unspecified atom stereocenters. The van der Waals surface area contributed by atoms with Crippen molar-refractivity contribution in [3.8, 4) is 0 Å². The van der Waals surface area contributed by atoms with E-state index in [-0.39, 0.29) is 6.61 Å². The molecular weight excluding hydrogens is 231 g/mol. The number of alkyl halides is 3. The summed E-state index contributed by atoms with van der Waals surface area (Å²) in [6, 6.07) is 0.558. The summed E-state index contributed by atoms with van der Waals surface area (Å²) in [4.78, 5) is 0. The Balaban J connectivity index is 1.95. The van der Waals surface area contributed by atoms with Gasteiger partial charge in [0.1, 0.15) is 6.61 Å². The average Bonchev–Trinajstić information content (AvgIpc) is 3.03. The summed E-state index contributed by atoms with van der Waals surface area (Å²) in [6.45, 7) is 2.14. The van der Waals surface area contributed by atoms with Crippen molar-refractivity contribution in [2.45, 2.75) is 51.2 Å². The minimum Gasteiger partial charge on any atom is -0.372 e. The van der Waals surface area contributed by atoms with E-state index in [0.29, 0.717) is 12.5 Å². The van der Waals surface area contributed by atoms with Crippen molar-refractivity contribution < 1.29 is 17.9 Å². The van der Waals surface area contributed by atoms with Gasteiger partial charge in [-0.2, -0.15) is 13.2 Å². The van der Waals surface area contributed by atoms with Gasteiger partial charge in [0.05, 0.1) is 0 Å². The topological polar surface area (TPSA) is 21.3 Å². The quantitative estimate of drug-likeness (QED) is 0.637. The van der Waals surface area contributed by atoms with Gasteiger partial charge < -0.3 is 10.1 Å². The van der Waals surface area contributed by atoms with Gasteiger partial charge in [-0.3, -0.25) is 0 Å². The minimum absolute atomic E-state index is 0.211. The van der Waals surface area contributed by atoms with Crippen LogP contribution in [0.25, 0.3) is 0 Å². The second kappa shape index (κ2) is 7.21. The summed E-state index contributed by atoms with van der Waals surface area (Å²) in [5.41, 5.74) is 0. The Kier molecular flexibility index (Phi) is 6.27. The predicted octanol–water partition coefficient (Wildman–Crippen LogP) is 3.12. The predicted molar refractivity (Wildman–Crippen MR) is 60.9 cm³/mol. The van der Waals surface area contributed by atoms with Crippen molar-refractivity contribution >= 4 is 0 Å². The number of hydrogen-bond acceptors (Lipinski definition) is 2. The van der Waals surface area contributed by atoms with Crippen molar-refractivity contribution in [3.05, 3.63) is 0 Å². The molecule has 1 atom stereocenters. The second-order valence-electron chi connectivity index (χ2n) is 4.67. The molecule has 0 spiro atoms. The van der Waals surface area contributed by atoms with Gasteiger partial charge >= 0.3 is 6.18 Å². The van der Waals surface area contributed by atoms with Gasteiger partial charge in [0.25, 0.3) is 0 Å². The molecule has 0 radical (unpaired) electrons. The van der Waals surface area contributed by atoms with Gasteiger partial charge in [0.2, 0.25) is 0 Å². The molecule has 1 N–H and O–H groups in total. The van der Waals surface area contributed by atoms with Crippen LogP contribution in [0, 0.1) is 5.92 Å². The molecule has 1 saturated carbocycles. The molecular formula is C12H22F3NO. The Labute approximate surface area is 101 Å². The Morgan fingerprint density at radius 2 is 2.00 bits per heavy atom. The highest BCUT2D eigenvalue weighted by Gasteiger charge is 2.30. The highest BCUT2D eigenvalue weighted by molar-refractivity contribution is 4.85. The monoisotopic (exact) mass is 253 g/mol. The lowest BCUT2D eigenvalue weighted by molar-refractivity contribution is -0.174. The first kappa shape index (κ1) is 14.8. The van der Waals surface area contributed by atoms with Crippen LogP contribution in [0.15, 0.2) is 0 Å². The summed E-state index contributed by atoms with van der Waals surface area (Å²) >= 11 is 0. The van der Waals surface area contributed by atoms with Crippen LogP contribution < -0.4 is 5.32 Å². The molecule has 0 bridgehead atoms. The van der Waals surface area contributed by atoms with E-state index in [2.05, 4.69) is 17.0 Å². The highest BCUT2D eigenvalue weighted by Crippen LogP contribution is 2.34. The van der Waals surface area contributed by atoms with Crippen LogP contribution in [-0.2, 0) is 4.74 Å². The lowest BCUT2D eigenvalue weighted by Gasteiger charge is -2.16. The van der Waals surface area contributed by atoms with Crippen LogP contribution >= 0.6 is 0 Å². The molecule has 1 aliphatic carbocycles. The van der Waals surface area contributed by atoms with Gasteiger partial charge in [-0.15, -0.1) is 0 Å². The number of hydrogen-bond donors (Lipinski definition) is 1. The van der Waals surface area contributed by atoms with Crippen molar-refractivity contribution in [2.24, 2.45) is 5.92 Å². The molecule has 5 heteroatoms. The maximum absolute atomic E-state index is 11.8. The van der Waals surface area contributed by atoms with Crippen LogP contribution in [0.1, 0.15) is 39.0 Å². The fourth-order valence-electron chi connectivity index (χ4n) is 2.02. The van der Waals surface area contributed by atoms with E-state index in [0.717, 1.165) is 25.3 Å². The zero-order valence-electron chi connectivity index (χ0n) is 10.4. The third kappa shape index (κ3) is 7.60. The first-order valence-electron chi connectivity index (χ1n) is 6.41. The third-order valence-corrected chi connectivity index (χ3v) is 2.98.